The van der Waals surface area contributed by atoms with Gasteiger partial charge in [0.1, 0.15) is 5.75 Å². The number of methoxy groups -OCH3 is 2. The first-order chi connectivity index (χ1) is 8.97. The first-order valence-electron chi connectivity index (χ1n) is 5.81. The number of hydrogen-bond donors (Lipinski definition) is 1. The van der Waals surface area contributed by atoms with Gasteiger partial charge in [-0.05, 0) is 26.0 Å². The van der Waals surface area contributed by atoms with Crippen LogP contribution in [0.15, 0.2) is 18.2 Å². The Hall–Kier alpha value is -2.17. The first-order valence-corrected chi connectivity index (χ1v) is 5.81. The Morgan fingerprint density at radius 1 is 1.26 bits per heavy atom. The quantitative estimate of drug-likeness (QED) is 0.654. The Morgan fingerprint density at radius 3 is 2.47 bits per heavy atom. The molecule has 1 aromatic carbocycles. The molecule has 0 aliphatic rings. The molecule has 0 aliphatic heterocycles. The molecule has 0 unspecified atom stereocenters. The van der Waals surface area contributed by atoms with Crippen molar-refractivity contribution in [2.45, 2.75) is 20.0 Å². The maximum absolute atomic E-state index is 11.4. The van der Waals surface area contributed by atoms with Crippen molar-refractivity contribution >= 4 is 12.0 Å². The molecule has 19 heavy (non-hydrogen) atoms. The smallest absolute Gasteiger partial charge is 0.331 e. The van der Waals surface area contributed by atoms with Gasteiger partial charge in [-0.2, -0.15) is 0 Å². The fourth-order valence-corrected chi connectivity index (χ4v) is 1.43. The molecule has 1 N–H and O–H groups in total. The minimum Gasteiger partial charge on any atom is -0.504 e. The maximum Gasteiger partial charge on any atom is 0.331 e. The van der Waals surface area contributed by atoms with Gasteiger partial charge in [0, 0.05) is 17.7 Å². The summed E-state index contributed by atoms with van der Waals surface area (Å²) < 4.78 is 15.1. The standard InChI is InChI=1S/C14H18O5/c1-9(2)19-13(15)6-5-10-7-11(17-3)8-12(18-4)14(10)16/h5-9,16H,1-4H3/b6-5+. The monoisotopic (exact) mass is 266 g/mol. The fraction of sp³-hybridized carbons (Fsp3) is 0.357. The highest BCUT2D eigenvalue weighted by Gasteiger charge is 2.09. The number of hydrogen-bond acceptors (Lipinski definition) is 5. The van der Waals surface area contributed by atoms with Crippen molar-refractivity contribution in [3.63, 3.8) is 0 Å². The lowest BCUT2D eigenvalue weighted by atomic mass is 10.1. The van der Waals surface area contributed by atoms with E-state index >= 15 is 0 Å². The van der Waals surface area contributed by atoms with Crippen LogP contribution in [0.1, 0.15) is 19.4 Å². The molecule has 0 atom stereocenters. The summed E-state index contributed by atoms with van der Waals surface area (Å²) in [4.78, 5) is 11.4. The van der Waals surface area contributed by atoms with Crippen LogP contribution in [-0.2, 0) is 9.53 Å². The zero-order valence-corrected chi connectivity index (χ0v) is 11.5. The molecule has 104 valence electrons. The van der Waals surface area contributed by atoms with E-state index in [0.29, 0.717) is 11.3 Å². The van der Waals surface area contributed by atoms with Gasteiger partial charge in [-0.25, -0.2) is 4.79 Å². The highest BCUT2D eigenvalue weighted by Crippen LogP contribution is 2.35. The molecule has 0 saturated heterocycles. The van der Waals surface area contributed by atoms with Crippen molar-refractivity contribution in [1.82, 2.24) is 0 Å². The minimum absolute atomic E-state index is 0.0584. The molecular formula is C14H18O5. The second kappa shape index (κ2) is 6.68. The number of ether oxygens (including phenoxy) is 3. The van der Waals surface area contributed by atoms with Gasteiger partial charge >= 0.3 is 5.97 Å². The number of phenols is 1. The van der Waals surface area contributed by atoms with Crippen LogP contribution < -0.4 is 9.47 Å². The normalized spacial score (nSPS) is 10.8. The molecule has 0 radical (unpaired) electrons. The molecule has 0 aromatic heterocycles. The Morgan fingerprint density at radius 2 is 1.95 bits per heavy atom. The molecule has 0 heterocycles. The third kappa shape index (κ3) is 4.21. The number of carbonyl (C=O) groups excluding carboxylic acids is 1. The fourth-order valence-electron chi connectivity index (χ4n) is 1.43. The van der Waals surface area contributed by atoms with E-state index < -0.39 is 5.97 Å². The molecule has 5 nitrogen and oxygen atoms in total. The molecule has 0 bridgehead atoms. The van der Waals surface area contributed by atoms with Gasteiger partial charge in [-0.3, -0.25) is 0 Å². The van der Waals surface area contributed by atoms with Gasteiger partial charge in [0.05, 0.1) is 20.3 Å². The van der Waals surface area contributed by atoms with Crippen LogP contribution in [-0.4, -0.2) is 31.4 Å². The number of benzene rings is 1. The second-order valence-corrected chi connectivity index (χ2v) is 4.09. The van der Waals surface area contributed by atoms with Crippen molar-refractivity contribution < 1.29 is 24.1 Å². The van der Waals surface area contributed by atoms with Gasteiger partial charge in [-0.15, -0.1) is 0 Å². The summed E-state index contributed by atoms with van der Waals surface area (Å²) in [6, 6.07) is 3.15. The Balaban J connectivity index is 2.99. The summed E-state index contributed by atoms with van der Waals surface area (Å²) in [5.41, 5.74) is 0.414. The van der Waals surface area contributed by atoms with Gasteiger partial charge in [0.25, 0.3) is 0 Å². The van der Waals surface area contributed by atoms with Gasteiger partial charge < -0.3 is 19.3 Å². The number of carbonyl (C=O) groups is 1. The van der Waals surface area contributed by atoms with Crippen molar-refractivity contribution in [3.8, 4) is 17.2 Å². The molecule has 0 spiro atoms. The molecule has 1 aromatic rings. The molecule has 0 saturated carbocycles. The van der Waals surface area contributed by atoms with Gasteiger partial charge in [0.2, 0.25) is 0 Å². The average Bonchev–Trinajstić information content (AvgIpc) is 2.36. The van der Waals surface area contributed by atoms with E-state index in [0.717, 1.165) is 0 Å². The van der Waals surface area contributed by atoms with E-state index in [1.54, 1.807) is 26.0 Å². The van der Waals surface area contributed by atoms with E-state index in [-0.39, 0.29) is 17.6 Å². The topological polar surface area (TPSA) is 65.0 Å². The highest BCUT2D eigenvalue weighted by atomic mass is 16.5. The predicted molar refractivity (Wildman–Crippen MR) is 71.5 cm³/mol. The summed E-state index contributed by atoms with van der Waals surface area (Å²) >= 11 is 0. The number of phenolic OH excluding ortho intramolecular Hbond substituents is 1. The van der Waals surface area contributed by atoms with Crippen LogP contribution >= 0.6 is 0 Å². The number of rotatable bonds is 5. The molecule has 5 heteroatoms. The Kier molecular flexibility index (Phi) is 5.23. The predicted octanol–water partition coefficient (Wildman–Crippen LogP) is 2.37. The number of aromatic hydroxyl groups is 1. The van der Waals surface area contributed by atoms with E-state index in [9.17, 15) is 9.90 Å². The third-order valence-corrected chi connectivity index (χ3v) is 2.28. The summed E-state index contributed by atoms with van der Waals surface area (Å²) in [5.74, 6) is 0.260. The van der Waals surface area contributed by atoms with Crippen LogP contribution in [0.4, 0.5) is 0 Å². The second-order valence-electron chi connectivity index (χ2n) is 4.09. The summed E-state index contributed by atoms with van der Waals surface area (Å²) in [6.07, 6.45) is 2.50. The summed E-state index contributed by atoms with van der Waals surface area (Å²) in [6.45, 7) is 3.52. The van der Waals surface area contributed by atoms with E-state index in [1.807, 2.05) is 0 Å². The van der Waals surface area contributed by atoms with E-state index in [2.05, 4.69) is 0 Å². The SMILES string of the molecule is COc1cc(/C=C/C(=O)OC(C)C)c(O)c(OC)c1. The largest absolute Gasteiger partial charge is 0.504 e. The lowest BCUT2D eigenvalue weighted by Crippen LogP contribution is -2.08. The third-order valence-electron chi connectivity index (χ3n) is 2.28. The van der Waals surface area contributed by atoms with Crippen molar-refractivity contribution in [1.29, 1.82) is 0 Å². The molecule has 1 rings (SSSR count). The maximum atomic E-state index is 11.4. The van der Waals surface area contributed by atoms with Gasteiger partial charge in [0.15, 0.2) is 11.5 Å². The molecule has 0 aliphatic carbocycles. The van der Waals surface area contributed by atoms with E-state index in [4.69, 9.17) is 14.2 Å². The van der Waals surface area contributed by atoms with Crippen LogP contribution in [0, 0.1) is 0 Å². The zero-order chi connectivity index (χ0) is 14.4. The Bertz CT molecular complexity index is 477. The lowest BCUT2D eigenvalue weighted by Gasteiger charge is -2.09. The molecule has 0 fully saturated rings. The molecule has 0 amide bonds. The molecular weight excluding hydrogens is 248 g/mol. The summed E-state index contributed by atoms with van der Waals surface area (Å²) in [7, 11) is 2.95. The first kappa shape index (κ1) is 14.9. The van der Waals surface area contributed by atoms with Crippen LogP contribution in [0.25, 0.3) is 6.08 Å². The van der Waals surface area contributed by atoms with Crippen molar-refractivity contribution in [3.05, 3.63) is 23.8 Å². The number of esters is 1. The van der Waals surface area contributed by atoms with Gasteiger partial charge in [-0.1, -0.05) is 0 Å². The minimum atomic E-state index is -0.476. The Labute approximate surface area is 112 Å². The van der Waals surface area contributed by atoms with Crippen molar-refractivity contribution in [2.75, 3.05) is 14.2 Å². The van der Waals surface area contributed by atoms with Crippen LogP contribution in [0.2, 0.25) is 0 Å². The van der Waals surface area contributed by atoms with Crippen LogP contribution in [0.3, 0.4) is 0 Å². The lowest BCUT2D eigenvalue weighted by molar-refractivity contribution is -0.141. The van der Waals surface area contributed by atoms with Crippen molar-refractivity contribution in [2.24, 2.45) is 0 Å². The van der Waals surface area contributed by atoms with E-state index in [1.165, 1.54) is 26.4 Å². The highest BCUT2D eigenvalue weighted by molar-refractivity contribution is 5.88. The van der Waals surface area contributed by atoms with Crippen LogP contribution in [0.5, 0.6) is 17.2 Å². The zero-order valence-electron chi connectivity index (χ0n) is 11.5. The summed E-state index contributed by atoms with van der Waals surface area (Å²) in [5, 5.41) is 9.92. The average molecular weight is 266 g/mol.